The van der Waals surface area contributed by atoms with Gasteiger partial charge in [0, 0.05) is 11.5 Å². The Bertz CT molecular complexity index is 192. The lowest BCUT2D eigenvalue weighted by Gasteiger charge is -2.04. The molecule has 1 atom stereocenters. The lowest BCUT2D eigenvalue weighted by molar-refractivity contribution is -0.142. The van der Waals surface area contributed by atoms with Crippen molar-refractivity contribution in [2.75, 3.05) is 18.6 Å². The molecule has 1 aliphatic rings. The second kappa shape index (κ2) is 3.61. The van der Waals surface area contributed by atoms with Crippen LogP contribution in [0, 0.1) is 5.92 Å². The third kappa shape index (κ3) is 1.65. The molecule has 62 valence electrons. The van der Waals surface area contributed by atoms with Gasteiger partial charge in [0.25, 0.3) is 0 Å². The molecule has 0 amide bonds. The van der Waals surface area contributed by atoms with Crippen LogP contribution in [0.25, 0.3) is 0 Å². The molecule has 11 heavy (non-hydrogen) atoms. The molecule has 0 aliphatic carbocycles. The monoisotopic (exact) mass is 175 g/mol. The van der Waals surface area contributed by atoms with Crippen LogP contribution in [0.3, 0.4) is 0 Å². The maximum Gasteiger partial charge on any atom is 0.315 e. The van der Waals surface area contributed by atoms with Crippen LogP contribution in [0.1, 0.15) is 0 Å². The summed E-state index contributed by atoms with van der Waals surface area (Å²) in [5.41, 5.74) is 0.516. The number of rotatable bonds is 1. The van der Waals surface area contributed by atoms with Crippen LogP contribution in [-0.2, 0) is 9.53 Å². The smallest absolute Gasteiger partial charge is 0.315 e. The number of carbonyl (C=O) groups excluding carboxylic acids is 1. The van der Waals surface area contributed by atoms with Gasteiger partial charge < -0.3 is 9.94 Å². The van der Waals surface area contributed by atoms with Crippen molar-refractivity contribution >= 4 is 23.4 Å². The van der Waals surface area contributed by atoms with E-state index in [-0.39, 0.29) is 11.9 Å². The number of thioether (sulfide) groups is 1. The third-order valence-corrected chi connectivity index (χ3v) is 2.62. The molecule has 0 radical (unpaired) electrons. The molecule has 1 aliphatic heterocycles. The molecular formula is C6H9NO3S. The maximum atomic E-state index is 11.0. The average molecular weight is 175 g/mol. The maximum absolute atomic E-state index is 11.0. The summed E-state index contributed by atoms with van der Waals surface area (Å²) in [4.78, 5) is 11.0. The molecule has 0 bridgehead atoms. The van der Waals surface area contributed by atoms with E-state index in [4.69, 9.17) is 5.21 Å². The topological polar surface area (TPSA) is 58.9 Å². The number of ether oxygens (including phenoxy) is 1. The predicted octanol–water partition coefficient (Wildman–Crippen LogP) is 0.353. The highest BCUT2D eigenvalue weighted by Crippen LogP contribution is 2.22. The van der Waals surface area contributed by atoms with Crippen molar-refractivity contribution in [1.29, 1.82) is 0 Å². The Morgan fingerprint density at radius 2 is 2.64 bits per heavy atom. The second-order valence-corrected chi connectivity index (χ2v) is 3.21. The first kappa shape index (κ1) is 8.39. The minimum Gasteiger partial charge on any atom is -0.468 e. The van der Waals surface area contributed by atoms with Gasteiger partial charge in [0.05, 0.1) is 12.8 Å². The van der Waals surface area contributed by atoms with E-state index in [2.05, 4.69) is 9.89 Å². The number of nitrogens with zero attached hydrogens (tertiary/aromatic N) is 1. The quantitative estimate of drug-likeness (QED) is 0.355. The van der Waals surface area contributed by atoms with Gasteiger partial charge in [-0.3, -0.25) is 4.79 Å². The normalized spacial score (nSPS) is 27.4. The van der Waals surface area contributed by atoms with E-state index in [0.29, 0.717) is 17.2 Å². The van der Waals surface area contributed by atoms with Gasteiger partial charge >= 0.3 is 5.97 Å². The van der Waals surface area contributed by atoms with Crippen LogP contribution in [0.2, 0.25) is 0 Å². The van der Waals surface area contributed by atoms with E-state index < -0.39 is 0 Å². The zero-order valence-corrected chi connectivity index (χ0v) is 6.93. The summed E-state index contributed by atoms with van der Waals surface area (Å²) in [5.74, 6) is 0.625. The summed E-state index contributed by atoms with van der Waals surface area (Å²) in [6, 6.07) is 0. The number of oxime groups is 1. The van der Waals surface area contributed by atoms with Gasteiger partial charge in [-0.25, -0.2) is 0 Å². The number of carbonyl (C=O) groups is 1. The Hall–Kier alpha value is -0.710. The molecule has 1 fully saturated rings. The second-order valence-electron chi connectivity index (χ2n) is 2.18. The Morgan fingerprint density at radius 1 is 1.91 bits per heavy atom. The lowest BCUT2D eigenvalue weighted by atomic mass is 10.1. The summed E-state index contributed by atoms with van der Waals surface area (Å²) in [6.45, 7) is 0. The van der Waals surface area contributed by atoms with E-state index in [9.17, 15) is 4.79 Å². The summed E-state index contributed by atoms with van der Waals surface area (Å²) in [7, 11) is 1.33. The molecule has 0 aromatic heterocycles. The lowest BCUT2D eigenvalue weighted by Crippen LogP contribution is -2.23. The van der Waals surface area contributed by atoms with Crippen LogP contribution in [0.15, 0.2) is 5.16 Å². The van der Waals surface area contributed by atoms with E-state index in [1.165, 1.54) is 7.11 Å². The fourth-order valence-corrected chi connectivity index (χ4v) is 2.07. The number of esters is 1. The van der Waals surface area contributed by atoms with Crippen molar-refractivity contribution in [2.45, 2.75) is 0 Å². The largest absolute Gasteiger partial charge is 0.468 e. The van der Waals surface area contributed by atoms with Gasteiger partial charge in [-0.1, -0.05) is 5.16 Å². The van der Waals surface area contributed by atoms with Gasteiger partial charge in [-0.05, 0) is 0 Å². The van der Waals surface area contributed by atoms with Crippen LogP contribution in [0.4, 0.5) is 0 Å². The van der Waals surface area contributed by atoms with E-state index in [0.717, 1.165) is 0 Å². The molecule has 0 aromatic rings. The molecule has 0 spiro atoms. The molecular weight excluding hydrogens is 166 g/mol. The van der Waals surface area contributed by atoms with Gasteiger partial charge in [-0.15, -0.1) is 0 Å². The molecule has 1 N–H and O–H groups in total. The molecule has 5 heteroatoms. The van der Waals surface area contributed by atoms with Crippen molar-refractivity contribution in [2.24, 2.45) is 11.1 Å². The Morgan fingerprint density at radius 3 is 3.18 bits per heavy atom. The summed E-state index contributed by atoms with van der Waals surface area (Å²) in [6.07, 6.45) is 0. The van der Waals surface area contributed by atoms with Crippen LogP contribution < -0.4 is 0 Å². The fourth-order valence-electron chi connectivity index (χ4n) is 0.923. The zero-order valence-electron chi connectivity index (χ0n) is 6.11. The molecule has 1 unspecified atom stereocenters. The Balaban J connectivity index is 2.64. The van der Waals surface area contributed by atoms with Crippen molar-refractivity contribution in [1.82, 2.24) is 0 Å². The standard InChI is InChI=1S/C6H9NO3S/c1-10-6(8)4-2-11-3-5(4)7-9/h4,9H,2-3H2,1H3/b7-5+. The minimum absolute atomic E-state index is 0.317. The Labute approximate surface area is 68.6 Å². The molecule has 1 saturated heterocycles. The molecule has 0 saturated carbocycles. The van der Waals surface area contributed by atoms with Crippen molar-refractivity contribution in [3.8, 4) is 0 Å². The highest BCUT2D eigenvalue weighted by atomic mass is 32.2. The predicted molar refractivity (Wildman–Crippen MR) is 42.1 cm³/mol. The minimum atomic E-state index is -0.338. The van der Waals surface area contributed by atoms with Gasteiger partial charge in [0.1, 0.15) is 5.92 Å². The van der Waals surface area contributed by atoms with Crippen molar-refractivity contribution in [3.05, 3.63) is 0 Å². The molecule has 4 nitrogen and oxygen atoms in total. The van der Waals surface area contributed by atoms with E-state index in [1.807, 2.05) is 0 Å². The number of hydrogen-bond acceptors (Lipinski definition) is 5. The molecule has 1 rings (SSSR count). The molecule has 0 aromatic carbocycles. The van der Waals surface area contributed by atoms with Gasteiger partial charge in [0.15, 0.2) is 0 Å². The van der Waals surface area contributed by atoms with Crippen LogP contribution in [0.5, 0.6) is 0 Å². The highest BCUT2D eigenvalue weighted by Gasteiger charge is 2.30. The first-order chi connectivity index (χ1) is 5.29. The summed E-state index contributed by atoms with van der Waals surface area (Å²) in [5, 5.41) is 11.5. The number of methoxy groups -OCH3 is 1. The zero-order chi connectivity index (χ0) is 8.27. The Kier molecular flexibility index (Phi) is 2.76. The van der Waals surface area contributed by atoms with Gasteiger partial charge in [-0.2, -0.15) is 11.8 Å². The highest BCUT2D eigenvalue weighted by molar-refractivity contribution is 8.00. The van der Waals surface area contributed by atoms with E-state index >= 15 is 0 Å². The van der Waals surface area contributed by atoms with E-state index in [1.54, 1.807) is 11.8 Å². The van der Waals surface area contributed by atoms with Crippen LogP contribution >= 0.6 is 11.8 Å². The number of hydrogen-bond donors (Lipinski definition) is 1. The summed E-state index contributed by atoms with van der Waals surface area (Å²) >= 11 is 1.57. The third-order valence-electron chi connectivity index (χ3n) is 1.55. The van der Waals surface area contributed by atoms with Crippen molar-refractivity contribution < 1.29 is 14.7 Å². The van der Waals surface area contributed by atoms with Crippen molar-refractivity contribution in [3.63, 3.8) is 0 Å². The fraction of sp³-hybridized carbons (Fsp3) is 0.667. The average Bonchev–Trinajstić information content (AvgIpc) is 2.50. The van der Waals surface area contributed by atoms with Gasteiger partial charge in [0.2, 0.25) is 0 Å². The summed E-state index contributed by atoms with van der Waals surface area (Å²) < 4.78 is 4.52. The first-order valence-corrected chi connectivity index (χ1v) is 4.31. The molecule has 1 heterocycles. The SMILES string of the molecule is COC(=O)C1CSC/C1=N\O. The van der Waals surface area contributed by atoms with Crippen LogP contribution in [-0.4, -0.2) is 35.5 Å². The first-order valence-electron chi connectivity index (χ1n) is 3.16.